The molecule has 0 aromatic heterocycles. The first-order valence-corrected chi connectivity index (χ1v) is 10.3. The lowest BCUT2D eigenvalue weighted by Crippen LogP contribution is -2.38. The van der Waals surface area contributed by atoms with Gasteiger partial charge in [-0.2, -0.15) is 13.2 Å². The predicted octanol–water partition coefficient (Wildman–Crippen LogP) is 3.86. The van der Waals surface area contributed by atoms with Gasteiger partial charge in [0.1, 0.15) is 6.61 Å². The monoisotopic (exact) mass is 555 g/mol. The van der Waals surface area contributed by atoms with Crippen molar-refractivity contribution < 1.29 is 22.1 Å². The third-order valence-corrected chi connectivity index (χ3v) is 5.20. The van der Waals surface area contributed by atoms with Crippen molar-refractivity contribution in [1.29, 1.82) is 0 Å². The summed E-state index contributed by atoms with van der Waals surface area (Å²) in [4.78, 5) is 4.91. The molecule has 2 N–H and O–H groups in total. The smallest absolute Gasteiger partial charge is 0.367 e. The zero-order chi connectivity index (χ0) is 21.1. The topological polar surface area (TPSA) is 62.7 Å². The Balaban J connectivity index is 0.00000450. The SMILES string of the molecule is CN=C(NCCS(=O)c1ccccc1)NCc1ccc(COCC(F)(F)F)cc1.I. The largest absolute Gasteiger partial charge is 0.411 e. The average molecular weight is 555 g/mol. The molecule has 2 aromatic rings. The minimum atomic E-state index is -4.32. The van der Waals surface area contributed by atoms with Crippen molar-refractivity contribution in [2.45, 2.75) is 24.2 Å². The summed E-state index contributed by atoms with van der Waals surface area (Å²) in [5.41, 5.74) is 1.62. The van der Waals surface area contributed by atoms with Crippen molar-refractivity contribution in [3.05, 3.63) is 65.7 Å². The van der Waals surface area contributed by atoms with Crippen LogP contribution in [0.3, 0.4) is 0 Å². The molecule has 0 amide bonds. The fourth-order valence-corrected chi connectivity index (χ4v) is 3.38. The number of benzene rings is 2. The molecule has 166 valence electrons. The lowest BCUT2D eigenvalue weighted by atomic mass is 10.1. The van der Waals surface area contributed by atoms with Gasteiger partial charge in [0.05, 0.1) is 17.4 Å². The zero-order valence-corrected chi connectivity index (χ0v) is 19.6. The second-order valence-electron chi connectivity index (χ2n) is 6.14. The number of halogens is 4. The number of hydrogen-bond acceptors (Lipinski definition) is 3. The Kier molecular flexibility index (Phi) is 12.0. The summed E-state index contributed by atoms with van der Waals surface area (Å²) in [7, 11) is 0.563. The molecule has 0 bridgehead atoms. The highest BCUT2D eigenvalue weighted by Gasteiger charge is 2.27. The van der Waals surface area contributed by atoms with Gasteiger partial charge in [0.25, 0.3) is 0 Å². The van der Waals surface area contributed by atoms with Crippen molar-refractivity contribution >= 4 is 40.7 Å². The molecule has 10 heteroatoms. The summed E-state index contributed by atoms with van der Waals surface area (Å²) >= 11 is 0. The maximum absolute atomic E-state index is 12.2. The number of guanidine groups is 1. The van der Waals surface area contributed by atoms with Gasteiger partial charge in [-0.05, 0) is 23.3 Å². The Morgan fingerprint density at radius 1 is 1.03 bits per heavy atom. The van der Waals surface area contributed by atoms with E-state index in [1.54, 1.807) is 19.2 Å². The number of rotatable bonds is 9. The summed E-state index contributed by atoms with van der Waals surface area (Å²) in [5.74, 6) is 1.03. The van der Waals surface area contributed by atoms with E-state index < -0.39 is 23.6 Å². The number of ether oxygens (including phenoxy) is 1. The fourth-order valence-electron chi connectivity index (χ4n) is 2.40. The maximum Gasteiger partial charge on any atom is 0.411 e. The molecular weight excluding hydrogens is 530 g/mol. The highest BCUT2D eigenvalue weighted by molar-refractivity contribution is 14.0. The number of hydrogen-bond donors (Lipinski definition) is 2. The summed E-state index contributed by atoms with van der Waals surface area (Å²) in [6, 6.07) is 16.4. The van der Waals surface area contributed by atoms with Crippen LogP contribution in [-0.4, -0.2) is 42.3 Å². The molecular formula is C20H25F3IN3O2S. The number of nitrogens with one attached hydrogen (secondary N) is 2. The quantitative estimate of drug-likeness (QED) is 0.281. The molecule has 0 spiro atoms. The lowest BCUT2D eigenvalue weighted by molar-refractivity contribution is -0.176. The molecule has 0 fully saturated rings. The molecule has 0 saturated heterocycles. The first kappa shape index (κ1) is 26.4. The van der Waals surface area contributed by atoms with Crippen LogP contribution in [0.1, 0.15) is 11.1 Å². The number of alkyl halides is 3. The average Bonchev–Trinajstić information content (AvgIpc) is 2.71. The van der Waals surface area contributed by atoms with E-state index >= 15 is 0 Å². The van der Waals surface area contributed by atoms with Gasteiger partial charge >= 0.3 is 6.18 Å². The fraction of sp³-hybridized carbons (Fsp3) is 0.350. The Morgan fingerprint density at radius 3 is 2.27 bits per heavy atom. The van der Waals surface area contributed by atoms with Crippen LogP contribution in [-0.2, 0) is 28.7 Å². The second-order valence-corrected chi connectivity index (χ2v) is 7.71. The van der Waals surface area contributed by atoms with Gasteiger partial charge < -0.3 is 15.4 Å². The molecule has 0 aliphatic rings. The summed E-state index contributed by atoms with van der Waals surface area (Å²) in [5, 5.41) is 6.25. The first-order valence-electron chi connectivity index (χ1n) is 8.97. The van der Waals surface area contributed by atoms with Crippen LogP contribution >= 0.6 is 24.0 Å². The molecule has 0 aliphatic heterocycles. The van der Waals surface area contributed by atoms with Gasteiger partial charge in [-0.15, -0.1) is 24.0 Å². The Hall–Kier alpha value is -1.66. The van der Waals surface area contributed by atoms with Crippen LogP contribution in [0.15, 0.2) is 64.5 Å². The molecule has 2 rings (SSSR count). The van der Waals surface area contributed by atoms with E-state index in [9.17, 15) is 17.4 Å². The maximum atomic E-state index is 12.2. The van der Waals surface area contributed by atoms with Crippen molar-refractivity contribution in [2.24, 2.45) is 4.99 Å². The van der Waals surface area contributed by atoms with Crippen LogP contribution < -0.4 is 10.6 Å². The van der Waals surface area contributed by atoms with Gasteiger partial charge in [0.15, 0.2) is 5.96 Å². The Labute approximate surface area is 194 Å². The van der Waals surface area contributed by atoms with E-state index in [-0.39, 0.29) is 30.6 Å². The summed E-state index contributed by atoms with van der Waals surface area (Å²) in [6.45, 7) is -0.357. The molecule has 0 radical (unpaired) electrons. The van der Waals surface area contributed by atoms with Gasteiger partial charge in [0.2, 0.25) is 0 Å². The molecule has 1 unspecified atom stereocenters. The van der Waals surface area contributed by atoms with E-state index in [1.807, 2.05) is 42.5 Å². The van der Waals surface area contributed by atoms with E-state index in [1.165, 1.54) is 0 Å². The van der Waals surface area contributed by atoms with E-state index in [4.69, 9.17) is 0 Å². The van der Waals surface area contributed by atoms with Gasteiger partial charge in [0, 0.05) is 30.8 Å². The summed E-state index contributed by atoms with van der Waals surface area (Å²) < 4.78 is 53.1. The van der Waals surface area contributed by atoms with Crippen LogP contribution in [0.5, 0.6) is 0 Å². The molecule has 0 heterocycles. The molecule has 0 saturated carbocycles. The highest BCUT2D eigenvalue weighted by Crippen LogP contribution is 2.15. The molecule has 30 heavy (non-hydrogen) atoms. The van der Waals surface area contributed by atoms with Crippen LogP contribution in [0.4, 0.5) is 13.2 Å². The van der Waals surface area contributed by atoms with Crippen molar-refractivity contribution in [3.63, 3.8) is 0 Å². The van der Waals surface area contributed by atoms with Crippen LogP contribution in [0.2, 0.25) is 0 Å². The van der Waals surface area contributed by atoms with E-state index in [0.29, 0.717) is 30.4 Å². The lowest BCUT2D eigenvalue weighted by Gasteiger charge is -2.12. The minimum absolute atomic E-state index is 0. The van der Waals surface area contributed by atoms with Gasteiger partial charge in [-0.3, -0.25) is 9.20 Å². The molecule has 5 nitrogen and oxygen atoms in total. The van der Waals surface area contributed by atoms with Crippen molar-refractivity contribution in [3.8, 4) is 0 Å². The molecule has 1 atom stereocenters. The Morgan fingerprint density at radius 2 is 1.67 bits per heavy atom. The van der Waals surface area contributed by atoms with Crippen molar-refractivity contribution in [2.75, 3.05) is 26.0 Å². The normalized spacial score (nSPS) is 12.7. The van der Waals surface area contributed by atoms with Crippen molar-refractivity contribution in [1.82, 2.24) is 10.6 Å². The third kappa shape index (κ3) is 10.4. The molecule has 0 aliphatic carbocycles. The van der Waals surface area contributed by atoms with E-state index in [2.05, 4.69) is 20.4 Å². The van der Waals surface area contributed by atoms with Gasteiger partial charge in [-0.25, -0.2) is 0 Å². The first-order chi connectivity index (χ1) is 13.9. The highest BCUT2D eigenvalue weighted by atomic mass is 127. The second kappa shape index (κ2) is 13.6. The number of aliphatic imine (C=N–C) groups is 1. The van der Waals surface area contributed by atoms with Gasteiger partial charge in [-0.1, -0.05) is 42.5 Å². The zero-order valence-electron chi connectivity index (χ0n) is 16.4. The van der Waals surface area contributed by atoms with Crippen LogP contribution in [0.25, 0.3) is 0 Å². The van der Waals surface area contributed by atoms with E-state index in [0.717, 1.165) is 10.5 Å². The Bertz CT molecular complexity index is 803. The predicted molar refractivity (Wildman–Crippen MR) is 123 cm³/mol. The van der Waals surface area contributed by atoms with Crippen LogP contribution in [0, 0.1) is 0 Å². The minimum Gasteiger partial charge on any atom is -0.367 e. The standard InChI is InChI=1S/C20H24F3N3O2S.HI/c1-24-19(25-11-12-29(27)18-5-3-2-4-6-18)26-13-16-7-9-17(10-8-16)14-28-15-20(21,22)23;/h2-10H,11-15H2,1H3,(H2,24,25,26);1H. The summed E-state index contributed by atoms with van der Waals surface area (Å²) in [6.07, 6.45) is -4.32. The number of nitrogens with zero attached hydrogens (tertiary/aromatic N) is 1. The third-order valence-electron chi connectivity index (χ3n) is 3.83. The molecule has 2 aromatic carbocycles.